The van der Waals surface area contributed by atoms with Gasteiger partial charge in [-0.3, -0.25) is 0 Å². The highest BCUT2D eigenvalue weighted by Gasteiger charge is 2.27. The van der Waals surface area contributed by atoms with E-state index in [0.717, 1.165) is 16.7 Å². The number of anilines is 1. The van der Waals surface area contributed by atoms with Crippen molar-refractivity contribution >= 4 is 23.0 Å². The second kappa shape index (κ2) is 6.57. The summed E-state index contributed by atoms with van der Waals surface area (Å²) in [5, 5.41) is 7.62. The third-order valence-corrected chi connectivity index (χ3v) is 4.88. The average molecular weight is 290 g/mol. The van der Waals surface area contributed by atoms with E-state index in [0.29, 0.717) is 12.0 Å². The average Bonchev–Trinajstić information content (AvgIpc) is 2.39. The van der Waals surface area contributed by atoms with Crippen LogP contribution in [0, 0.1) is 25.7 Å². The van der Waals surface area contributed by atoms with E-state index in [1.807, 2.05) is 0 Å². The molecule has 3 atom stereocenters. The van der Waals surface area contributed by atoms with Crippen molar-refractivity contribution in [3.05, 3.63) is 29.3 Å². The first-order chi connectivity index (χ1) is 9.47. The fraction of sp³-hybridized carbons (Fsp3) is 0.588. The van der Waals surface area contributed by atoms with Gasteiger partial charge in [0.05, 0.1) is 0 Å². The lowest BCUT2D eigenvalue weighted by molar-refractivity contribution is 0.225. The number of benzene rings is 1. The van der Waals surface area contributed by atoms with Crippen LogP contribution in [0.15, 0.2) is 18.2 Å². The standard InChI is InChI=1S/C17H26N2S/c1-11-8-9-13(3)16(10-11)19-17(20)18-15-7-5-6-12(2)14(15)4/h8-10,12,14-15H,5-7H2,1-4H3,(H2,18,19,20). The smallest absolute Gasteiger partial charge is 0.171 e. The molecule has 2 nitrogen and oxygen atoms in total. The van der Waals surface area contributed by atoms with Gasteiger partial charge < -0.3 is 10.6 Å². The highest BCUT2D eigenvalue weighted by molar-refractivity contribution is 7.80. The third kappa shape index (κ3) is 3.72. The molecule has 0 radical (unpaired) electrons. The van der Waals surface area contributed by atoms with Gasteiger partial charge in [-0.05, 0) is 61.5 Å². The largest absolute Gasteiger partial charge is 0.359 e. The van der Waals surface area contributed by atoms with Crippen molar-refractivity contribution in [2.75, 3.05) is 5.32 Å². The Kier molecular flexibility index (Phi) is 5.03. The molecule has 1 saturated carbocycles. The van der Waals surface area contributed by atoms with Crippen molar-refractivity contribution in [2.24, 2.45) is 11.8 Å². The Labute approximate surface area is 128 Å². The molecule has 0 saturated heterocycles. The first-order valence-corrected chi connectivity index (χ1v) is 8.03. The lowest BCUT2D eigenvalue weighted by atomic mass is 9.78. The van der Waals surface area contributed by atoms with E-state index >= 15 is 0 Å². The third-order valence-electron chi connectivity index (χ3n) is 4.66. The van der Waals surface area contributed by atoms with Crippen LogP contribution in [-0.4, -0.2) is 11.2 Å². The molecule has 1 aromatic carbocycles. The maximum absolute atomic E-state index is 5.49. The molecule has 0 aliphatic heterocycles. The van der Waals surface area contributed by atoms with Gasteiger partial charge in [-0.25, -0.2) is 0 Å². The molecule has 1 aliphatic rings. The molecule has 0 spiro atoms. The zero-order chi connectivity index (χ0) is 14.7. The molecule has 0 aromatic heterocycles. The molecular weight excluding hydrogens is 264 g/mol. The lowest BCUT2D eigenvalue weighted by Crippen LogP contribution is -2.45. The molecule has 0 bridgehead atoms. The Morgan fingerprint density at radius 2 is 1.95 bits per heavy atom. The molecule has 20 heavy (non-hydrogen) atoms. The molecule has 0 amide bonds. The summed E-state index contributed by atoms with van der Waals surface area (Å²) in [6, 6.07) is 6.91. The quantitative estimate of drug-likeness (QED) is 0.789. The van der Waals surface area contributed by atoms with Gasteiger partial charge in [-0.1, -0.05) is 38.8 Å². The SMILES string of the molecule is Cc1ccc(C)c(NC(=S)NC2CCCC(C)C2C)c1. The van der Waals surface area contributed by atoms with Crippen LogP contribution < -0.4 is 10.6 Å². The van der Waals surface area contributed by atoms with Gasteiger partial charge in [0.2, 0.25) is 0 Å². The van der Waals surface area contributed by atoms with Crippen LogP contribution in [0.4, 0.5) is 5.69 Å². The Morgan fingerprint density at radius 1 is 1.20 bits per heavy atom. The minimum absolute atomic E-state index is 0.504. The second-order valence-electron chi connectivity index (χ2n) is 6.29. The van der Waals surface area contributed by atoms with E-state index < -0.39 is 0 Å². The van der Waals surface area contributed by atoms with Crippen molar-refractivity contribution in [1.29, 1.82) is 0 Å². The zero-order valence-electron chi connectivity index (χ0n) is 13.0. The van der Waals surface area contributed by atoms with Gasteiger partial charge >= 0.3 is 0 Å². The van der Waals surface area contributed by atoms with Crippen LogP contribution in [0.25, 0.3) is 0 Å². The fourth-order valence-corrected chi connectivity index (χ4v) is 3.24. The summed E-state index contributed by atoms with van der Waals surface area (Å²) < 4.78 is 0. The van der Waals surface area contributed by atoms with Crippen molar-refractivity contribution in [1.82, 2.24) is 5.32 Å². The summed E-state index contributed by atoms with van der Waals surface area (Å²) in [5.74, 6) is 1.46. The Morgan fingerprint density at radius 3 is 2.70 bits per heavy atom. The zero-order valence-corrected chi connectivity index (χ0v) is 13.8. The van der Waals surface area contributed by atoms with Crippen LogP contribution in [0.2, 0.25) is 0 Å². The molecule has 110 valence electrons. The molecular formula is C17H26N2S. The highest BCUT2D eigenvalue weighted by Crippen LogP contribution is 2.29. The number of thiocarbonyl (C=S) groups is 1. The maximum Gasteiger partial charge on any atom is 0.171 e. The monoisotopic (exact) mass is 290 g/mol. The Bertz CT molecular complexity index is 484. The van der Waals surface area contributed by atoms with Crippen molar-refractivity contribution in [3.63, 3.8) is 0 Å². The van der Waals surface area contributed by atoms with Crippen LogP contribution in [-0.2, 0) is 0 Å². The molecule has 1 aromatic rings. The molecule has 3 unspecified atom stereocenters. The maximum atomic E-state index is 5.49. The summed E-state index contributed by atoms with van der Waals surface area (Å²) in [6.45, 7) is 8.89. The first-order valence-electron chi connectivity index (χ1n) is 7.62. The van der Waals surface area contributed by atoms with Crippen molar-refractivity contribution < 1.29 is 0 Å². The van der Waals surface area contributed by atoms with E-state index in [1.54, 1.807) is 0 Å². The van der Waals surface area contributed by atoms with Gasteiger partial charge in [0, 0.05) is 11.7 Å². The summed E-state index contributed by atoms with van der Waals surface area (Å²) in [6.07, 6.45) is 3.87. The predicted molar refractivity (Wildman–Crippen MR) is 91.2 cm³/mol. The molecule has 0 heterocycles. The van der Waals surface area contributed by atoms with E-state index in [4.69, 9.17) is 12.2 Å². The van der Waals surface area contributed by atoms with Crippen LogP contribution in [0.5, 0.6) is 0 Å². The number of hydrogen-bond acceptors (Lipinski definition) is 1. The molecule has 2 rings (SSSR count). The number of rotatable bonds is 2. The second-order valence-corrected chi connectivity index (χ2v) is 6.70. The van der Waals surface area contributed by atoms with Crippen molar-refractivity contribution in [3.8, 4) is 0 Å². The summed E-state index contributed by atoms with van der Waals surface area (Å²) >= 11 is 5.49. The van der Waals surface area contributed by atoms with E-state index in [1.165, 1.54) is 30.4 Å². The van der Waals surface area contributed by atoms with Crippen LogP contribution in [0.1, 0.15) is 44.2 Å². The van der Waals surface area contributed by atoms with Gasteiger partial charge in [0.1, 0.15) is 0 Å². The minimum Gasteiger partial charge on any atom is -0.359 e. The Balaban J connectivity index is 1.97. The van der Waals surface area contributed by atoms with Gasteiger partial charge in [-0.2, -0.15) is 0 Å². The molecule has 1 fully saturated rings. The fourth-order valence-electron chi connectivity index (χ4n) is 2.98. The first kappa shape index (κ1) is 15.3. The highest BCUT2D eigenvalue weighted by atomic mass is 32.1. The molecule has 2 N–H and O–H groups in total. The normalized spacial score (nSPS) is 26.1. The van der Waals surface area contributed by atoms with Crippen LogP contribution in [0.3, 0.4) is 0 Å². The lowest BCUT2D eigenvalue weighted by Gasteiger charge is -2.35. The van der Waals surface area contributed by atoms with Gasteiger partial charge in [0.15, 0.2) is 5.11 Å². The van der Waals surface area contributed by atoms with Crippen LogP contribution >= 0.6 is 12.2 Å². The number of hydrogen-bond donors (Lipinski definition) is 2. The minimum atomic E-state index is 0.504. The summed E-state index contributed by atoms with van der Waals surface area (Å²) in [4.78, 5) is 0. The van der Waals surface area contributed by atoms with Gasteiger partial charge in [0.25, 0.3) is 0 Å². The van der Waals surface area contributed by atoms with E-state index in [9.17, 15) is 0 Å². The number of nitrogens with one attached hydrogen (secondary N) is 2. The molecule has 1 aliphatic carbocycles. The summed E-state index contributed by atoms with van der Waals surface area (Å²) in [7, 11) is 0. The topological polar surface area (TPSA) is 24.1 Å². The predicted octanol–water partition coefficient (Wildman–Crippen LogP) is 4.41. The van der Waals surface area contributed by atoms with E-state index in [-0.39, 0.29) is 0 Å². The van der Waals surface area contributed by atoms with E-state index in [2.05, 4.69) is 56.5 Å². The Hall–Kier alpha value is -1.09. The molecule has 3 heteroatoms. The van der Waals surface area contributed by atoms with Crippen molar-refractivity contribution in [2.45, 2.75) is 53.0 Å². The van der Waals surface area contributed by atoms with Gasteiger partial charge in [-0.15, -0.1) is 0 Å². The number of aryl methyl sites for hydroxylation is 2. The summed E-state index contributed by atoms with van der Waals surface area (Å²) in [5.41, 5.74) is 3.59.